The van der Waals surface area contributed by atoms with Gasteiger partial charge < -0.3 is 10.6 Å². The van der Waals surface area contributed by atoms with Crippen LogP contribution in [0.3, 0.4) is 0 Å². The standard InChI is InChI=1S/C11H16Cl2N4/c1-17(8-4-2-3-7(8)6-14)9-5-10(12)15-16-11(9)13/h5,7-8H,2-4,6,14H2,1H3. The monoisotopic (exact) mass is 274 g/mol. The predicted octanol–water partition coefficient (Wildman–Crippen LogP) is 2.35. The molecule has 1 aliphatic carbocycles. The van der Waals surface area contributed by atoms with Gasteiger partial charge in [0.15, 0.2) is 10.3 Å². The van der Waals surface area contributed by atoms with Crippen molar-refractivity contribution in [3.63, 3.8) is 0 Å². The Morgan fingerprint density at radius 2 is 2.18 bits per heavy atom. The first kappa shape index (κ1) is 12.9. The Labute approximate surface area is 111 Å². The van der Waals surface area contributed by atoms with Crippen LogP contribution in [0.4, 0.5) is 5.69 Å². The summed E-state index contributed by atoms with van der Waals surface area (Å²) in [5.41, 5.74) is 6.62. The largest absolute Gasteiger partial charge is 0.369 e. The van der Waals surface area contributed by atoms with Crippen LogP contribution in [0.5, 0.6) is 0 Å². The molecule has 4 nitrogen and oxygen atoms in total. The molecular weight excluding hydrogens is 259 g/mol. The maximum atomic E-state index is 6.06. The van der Waals surface area contributed by atoms with Crippen molar-refractivity contribution in [3.05, 3.63) is 16.4 Å². The molecule has 0 aromatic carbocycles. The first-order valence-electron chi connectivity index (χ1n) is 5.75. The van der Waals surface area contributed by atoms with Crippen molar-refractivity contribution >= 4 is 28.9 Å². The van der Waals surface area contributed by atoms with Crippen LogP contribution in [-0.4, -0.2) is 29.8 Å². The highest BCUT2D eigenvalue weighted by molar-refractivity contribution is 6.33. The SMILES string of the molecule is CN(c1cc(Cl)nnc1Cl)C1CCCC1CN. The van der Waals surface area contributed by atoms with Crippen molar-refractivity contribution in [1.82, 2.24) is 10.2 Å². The molecule has 94 valence electrons. The molecule has 6 heteroatoms. The van der Waals surface area contributed by atoms with E-state index in [-0.39, 0.29) is 0 Å². The second-order valence-electron chi connectivity index (χ2n) is 4.45. The molecule has 1 heterocycles. The number of nitrogens with two attached hydrogens (primary N) is 1. The molecule has 2 N–H and O–H groups in total. The van der Waals surface area contributed by atoms with E-state index in [4.69, 9.17) is 28.9 Å². The third-order valence-corrected chi connectivity index (χ3v) is 3.95. The number of halogens is 2. The second kappa shape index (κ2) is 5.38. The summed E-state index contributed by atoms with van der Waals surface area (Å²) in [6, 6.07) is 2.17. The molecule has 1 aliphatic rings. The van der Waals surface area contributed by atoms with Crippen molar-refractivity contribution in [3.8, 4) is 0 Å². The van der Waals surface area contributed by atoms with Crippen molar-refractivity contribution in [1.29, 1.82) is 0 Å². The van der Waals surface area contributed by atoms with E-state index in [1.54, 1.807) is 6.07 Å². The molecule has 0 bridgehead atoms. The molecule has 0 amide bonds. The molecule has 1 fully saturated rings. The topological polar surface area (TPSA) is 55.0 Å². The van der Waals surface area contributed by atoms with E-state index in [9.17, 15) is 0 Å². The van der Waals surface area contributed by atoms with Gasteiger partial charge in [-0.1, -0.05) is 29.6 Å². The Hall–Kier alpha value is -0.580. The minimum atomic E-state index is 0.360. The number of hydrogen-bond acceptors (Lipinski definition) is 4. The average Bonchev–Trinajstić information content (AvgIpc) is 2.79. The molecule has 1 aromatic rings. The van der Waals surface area contributed by atoms with Crippen LogP contribution < -0.4 is 10.6 Å². The van der Waals surface area contributed by atoms with Crippen LogP contribution in [0.2, 0.25) is 10.3 Å². The maximum absolute atomic E-state index is 6.06. The van der Waals surface area contributed by atoms with Crippen LogP contribution in [0.1, 0.15) is 19.3 Å². The number of nitrogens with zero attached hydrogens (tertiary/aromatic N) is 3. The van der Waals surface area contributed by atoms with E-state index < -0.39 is 0 Å². The molecule has 2 atom stereocenters. The number of hydrogen-bond donors (Lipinski definition) is 1. The van der Waals surface area contributed by atoms with Gasteiger partial charge in [-0.2, -0.15) is 0 Å². The van der Waals surface area contributed by atoms with E-state index in [2.05, 4.69) is 15.1 Å². The van der Waals surface area contributed by atoms with Gasteiger partial charge in [-0.25, -0.2) is 0 Å². The summed E-state index contributed by atoms with van der Waals surface area (Å²) in [6.45, 7) is 0.707. The van der Waals surface area contributed by atoms with E-state index in [0.717, 1.165) is 12.1 Å². The third-order valence-electron chi connectivity index (χ3n) is 3.50. The van der Waals surface area contributed by atoms with Gasteiger partial charge in [0.2, 0.25) is 0 Å². The quantitative estimate of drug-likeness (QED) is 0.920. The third kappa shape index (κ3) is 2.64. The van der Waals surface area contributed by atoms with Gasteiger partial charge in [0.05, 0.1) is 5.69 Å². The van der Waals surface area contributed by atoms with Gasteiger partial charge in [0.25, 0.3) is 0 Å². The summed E-state index contributed by atoms with van der Waals surface area (Å²) in [5.74, 6) is 0.517. The zero-order valence-electron chi connectivity index (χ0n) is 9.74. The lowest BCUT2D eigenvalue weighted by Crippen LogP contribution is -2.38. The normalized spacial score (nSPS) is 24.0. The zero-order chi connectivity index (χ0) is 12.4. The van der Waals surface area contributed by atoms with Crippen molar-refractivity contribution in [2.24, 2.45) is 11.7 Å². The molecule has 1 saturated carbocycles. The Morgan fingerprint density at radius 1 is 1.41 bits per heavy atom. The fraction of sp³-hybridized carbons (Fsp3) is 0.636. The van der Waals surface area contributed by atoms with E-state index in [0.29, 0.717) is 28.8 Å². The van der Waals surface area contributed by atoms with Crippen LogP contribution in [0, 0.1) is 5.92 Å². The smallest absolute Gasteiger partial charge is 0.175 e. The average molecular weight is 275 g/mol. The molecule has 2 unspecified atom stereocenters. The van der Waals surface area contributed by atoms with Crippen molar-refractivity contribution in [2.75, 3.05) is 18.5 Å². The van der Waals surface area contributed by atoms with Gasteiger partial charge in [-0.15, -0.1) is 10.2 Å². The van der Waals surface area contributed by atoms with E-state index >= 15 is 0 Å². The predicted molar refractivity (Wildman–Crippen MR) is 70.6 cm³/mol. The van der Waals surface area contributed by atoms with Gasteiger partial charge >= 0.3 is 0 Å². The summed E-state index contributed by atoms with van der Waals surface area (Å²) in [4.78, 5) is 2.13. The minimum Gasteiger partial charge on any atom is -0.369 e. The summed E-state index contributed by atoms with van der Waals surface area (Å²) in [6.07, 6.45) is 3.52. The Bertz CT molecular complexity index is 399. The van der Waals surface area contributed by atoms with E-state index in [1.807, 2.05) is 7.05 Å². The maximum Gasteiger partial charge on any atom is 0.175 e. The van der Waals surface area contributed by atoms with Crippen molar-refractivity contribution < 1.29 is 0 Å². The van der Waals surface area contributed by atoms with Crippen LogP contribution in [0.25, 0.3) is 0 Å². The fourth-order valence-corrected chi connectivity index (χ4v) is 2.94. The fourth-order valence-electron chi connectivity index (χ4n) is 2.57. The lowest BCUT2D eigenvalue weighted by Gasteiger charge is -2.31. The van der Waals surface area contributed by atoms with Gasteiger partial charge in [-0.05, 0) is 25.3 Å². The van der Waals surface area contributed by atoms with Gasteiger partial charge in [0.1, 0.15) is 0 Å². The molecule has 1 aromatic heterocycles. The lowest BCUT2D eigenvalue weighted by atomic mass is 10.0. The van der Waals surface area contributed by atoms with Crippen LogP contribution in [0.15, 0.2) is 6.07 Å². The van der Waals surface area contributed by atoms with Crippen molar-refractivity contribution in [2.45, 2.75) is 25.3 Å². The number of rotatable bonds is 3. The molecule has 17 heavy (non-hydrogen) atoms. The van der Waals surface area contributed by atoms with Crippen LogP contribution in [-0.2, 0) is 0 Å². The highest BCUT2D eigenvalue weighted by atomic mass is 35.5. The summed E-state index contributed by atoms with van der Waals surface area (Å²) >= 11 is 11.9. The zero-order valence-corrected chi connectivity index (χ0v) is 11.2. The molecular formula is C11H16Cl2N4. The molecule has 0 aliphatic heterocycles. The van der Waals surface area contributed by atoms with Crippen LogP contribution >= 0.6 is 23.2 Å². The highest BCUT2D eigenvalue weighted by Gasteiger charge is 2.30. The Kier molecular flexibility index (Phi) is 4.07. The van der Waals surface area contributed by atoms with Gasteiger partial charge in [0, 0.05) is 19.2 Å². The number of aromatic nitrogens is 2. The summed E-state index contributed by atoms with van der Waals surface area (Å²) in [7, 11) is 2.01. The first-order chi connectivity index (χ1) is 8.13. The van der Waals surface area contributed by atoms with Gasteiger partial charge in [-0.3, -0.25) is 0 Å². The minimum absolute atomic E-state index is 0.360. The summed E-state index contributed by atoms with van der Waals surface area (Å²) in [5, 5.41) is 8.30. The lowest BCUT2D eigenvalue weighted by molar-refractivity contribution is 0.474. The second-order valence-corrected chi connectivity index (χ2v) is 5.19. The summed E-state index contributed by atoms with van der Waals surface area (Å²) < 4.78 is 0. The first-order valence-corrected chi connectivity index (χ1v) is 6.50. The molecule has 0 radical (unpaired) electrons. The molecule has 0 spiro atoms. The Balaban J connectivity index is 2.24. The Morgan fingerprint density at radius 3 is 2.88 bits per heavy atom. The molecule has 0 saturated heterocycles. The number of anilines is 1. The highest BCUT2D eigenvalue weighted by Crippen LogP contribution is 2.34. The molecule has 2 rings (SSSR count). The van der Waals surface area contributed by atoms with E-state index in [1.165, 1.54) is 12.8 Å².